The zero-order chi connectivity index (χ0) is 33.0. The molecule has 0 fully saturated rings. The van der Waals surface area contributed by atoms with Gasteiger partial charge >= 0.3 is 230 Å². The first kappa shape index (κ1) is 45.0. The molecular formula is C22H37I2O15PS3-2. The van der Waals surface area contributed by atoms with E-state index in [1.807, 2.05) is 6.92 Å². The molecule has 0 saturated heterocycles. The molecule has 0 spiro atoms. The van der Waals surface area contributed by atoms with Crippen LogP contribution in [0, 0.1) is 0 Å². The first-order valence-corrected chi connectivity index (χ1v) is 22.6. The minimum absolute atomic E-state index is 0.00112. The van der Waals surface area contributed by atoms with Crippen molar-refractivity contribution in [2.45, 2.75) is 44.7 Å². The van der Waals surface area contributed by atoms with Crippen molar-refractivity contribution < 1.29 is 111 Å². The van der Waals surface area contributed by atoms with Gasteiger partial charge in [-0.25, -0.2) is 0 Å². The van der Waals surface area contributed by atoms with Crippen LogP contribution in [-0.4, -0.2) is 122 Å². The molecule has 21 heteroatoms. The molecule has 1 N–H and O–H groups in total. The number of aliphatic hydroxyl groups is 1. The molecule has 0 aromatic carbocycles. The number of methoxy groups -OCH3 is 2. The van der Waals surface area contributed by atoms with Gasteiger partial charge < -0.3 is 14.6 Å². The Bertz CT molecular complexity index is 829. The molecule has 0 saturated carbocycles. The number of rotatable bonds is 23. The first-order valence-electron chi connectivity index (χ1n) is 12.1. The summed E-state index contributed by atoms with van der Waals surface area (Å²) < 4.78 is 44.9. The van der Waals surface area contributed by atoms with E-state index in [0.29, 0.717) is 6.61 Å². The molecule has 0 heterocycles. The summed E-state index contributed by atoms with van der Waals surface area (Å²) in [5.74, 6) is -1.34. The summed E-state index contributed by atoms with van der Waals surface area (Å²) in [6.07, 6.45) is -3.11. The van der Waals surface area contributed by atoms with Crippen molar-refractivity contribution in [3.63, 3.8) is 0 Å². The second-order valence-corrected chi connectivity index (χ2v) is 13.8. The topological polar surface area (TPSA) is 189 Å². The maximum Gasteiger partial charge on any atom is 0.317 e. The third-order valence-corrected chi connectivity index (χ3v) is 7.93. The molecule has 254 valence electrons. The number of halogens is 2. The monoisotopic (exact) mass is 922 g/mol. The van der Waals surface area contributed by atoms with E-state index in [9.17, 15) is 24.0 Å². The number of hydrogen-bond donors (Lipinski definition) is 3. The van der Waals surface area contributed by atoms with Gasteiger partial charge in [-0.05, 0) is 6.92 Å². The maximum absolute atomic E-state index is 11.7. The van der Waals surface area contributed by atoms with Crippen molar-refractivity contribution >= 4 is 64.4 Å². The number of esters is 2. The van der Waals surface area contributed by atoms with E-state index in [-0.39, 0.29) is 53.6 Å². The Kier molecular flexibility index (Phi) is 31.9. The first-order chi connectivity index (χ1) is 20.4. The second kappa shape index (κ2) is 30.5. The fourth-order valence-electron chi connectivity index (χ4n) is 2.37. The average molecular weight is 923 g/mol. The molecule has 0 rings (SSSR count). The molecule has 4 unspecified atom stereocenters. The van der Waals surface area contributed by atoms with E-state index in [4.69, 9.17) is 38.3 Å². The molecule has 0 aromatic heterocycles. The quantitative estimate of drug-likeness (QED) is 0.0171. The van der Waals surface area contributed by atoms with Crippen LogP contribution in [-0.2, 0) is 64.0 Å². The molecule has 4 atom stereocenters. The molecule has 0 aliphatic rings. The standard InChI is InChI=1S/C15H25I2O10PS3.C7H12O5/c1-3-22-5-11(25-13(18)16-29)7-24-9-12(26-14(19)17-30)8-23-6-10(4-21-2)27-15(20)28-31;1-5(8)4-12-7(10)3-6(9)11-2/h10-12,29-30H,3-9H2,1-2H3;5,8H,3-4H2,1-2H3/q-2;. The largest absolute Gasteiger partial charge is 0.469 e. The van der Waals surface area contributed by atoms with Crippen molar-refractivity contribution in [2.24, 2.45) is 0 Å². The van der Waals surface area contributed by atoms with Crippen LogP contribution in [0.15, 0.2) is 0 Å². The predicted molar refractivity (Wildman–Crippen MR) is 152 cm³/mol. The maximum atomic E-state index is 11.7. The van der Waals surface area contributed by atoms with E-state index >= 15 is 0 Å². The predicted octanol–water partition coefficient (Wildman–Crippen LogP) is -4.03. The molecule has 0 radical (unpaired) electrons. The van der Waals surface area contributed by atoms with E-state index in [1.165, 1.54) is 21.1 Å². The number of carbonyl (C=O) groups is 5. The molecule has 0 amide bonds. The van der Waals surface area contributed by atoms with Gasteiger partial charge in [-0.15, -0.1) is 0 Å². The van der Waals surface area contributed by atoms with Crippen LogP contribution in [0.25, 0.3) is 0 Å². The van der Waals surface area contributed by atoms with Gasteiger partial charge in [-0.1, -0.05) is 0 Å². The van der Waals surface area contributed by atoms with Crippen LogP contribution in [0.2, 0.25) is 0 Å². The average Bonchev–Trinajstić information content (AvgIpc) is 2.98. The molecule has 0 aliphatic heterocycles. The number of thiol groups is 2. The van der Waals surface area contributed by atoms with Gasteiger partial charge in [-0.3, -0.25) is 9.59 Å². The van der Waals surface area contributed by atoms with Crippen LogP contribution in [0.1, 0.15) is 20.3 Å². The van der Waals surface area contributed by atoms with E-state index < -0.39 is 96.1 Å². The van der Waals surface area contributed by atoms with E-state index in [0.717, 1.165) is 0 Å². The van der Waals surface area contributed by atoms with Gasteiger partial charge in [-0.2, -0.15) is 0 Å². The Morgan fingerprint density at radius 2 is 1.23 bits per heavy atom. The Hall–Kier alpha value is -0.170. The Balaban J connectivity index is 0. The van der Waals surface area contributed by atoms with Crippen LogP contribution < -0.4 is 39.6 Å². The summed E-state index contributed by atoms with van der Waals surface area (Å²) in [7, 11) is 10.7. The third kappa shape index (κ3) is 29.0. The summed E-state index contributed by atoms with van der Waals surface area (Å²) in [6, 6.07) is 0. The molecule has 15 nitrogen and oxygen atoms in total. The van der Waals surface area contributed by atoms with Crippen LogP contribution in [0.4, 0.5) is 14.4 Å². The summed E-state index contributed by atoms with van der Waals surface area (Å²) >= 11 is 2.55. The van der Waals surface area contributed by atoms with Crippen molar-refractivity contribution in [3.05, 3.63) is 0 Å². The molecule has 0 aromatic rings. The van der Waals surface area contributed by atoms with Crippen molar-refractivity contribution in [1.82, 2.24) is 0 Å². The van der Waals surface area contributed by atoms with Gasteiger partial charge in [0.25, 0.3) is 0 Å². The summed E-state index contributed by atoms with van der Waals surface area (Å²) in [5, 5.41) is 8.70. The van der Waals surface area contributed by atoms with Crippen molar-refractivity contribution in [1.29, 1.82) is 0 Å². The zero-order valence-corrected chi connectivity index (χ0v) is 31.7. The number of aliphatic hydroxyl groups excluding tert-OH is 1. The molecule has 0 aliphatic carbocycles. The number of hydrogen-bond acceptors (Lipinski definition) is 18. The Morgan fingerprint density at radius 1 is 0.767 bits per heavy atom. The smallest absolute Gasteiger partial charge is 0.317 e. The SMILES string of the molecule is CCOCC(COCC(COCC(COC)OC(=O)P=S)OC(=O)[I-]S)OC(=O)[I-]S.COC(=O)CC(=O)OCC(C)O. The molecular weight excluding hydrogens is 885 g/mol. The number of carbonyl (C=O) groups excluding carboxylic acids is 5. The van der Waals surface area contributed by atoms with Gasteiger partial charge in [0.2, 0.25) is 0 Å². The third-order valence-electron chi connectivity index (χ3n) is 4.08. The fraction of sp³-hybridized carbons (Fsp3) is 0.773. The summed E-state index contributed by atoms with van der Waals surface area (Å²) in [5.41, 5.74) is -0.578. The van der Waals surface area contributed by atoms with E-state index in [1.54, 1.807) is 0 Å². The van der Waals surface area contributed by atoms with Gasteiger partial charge in [0.1, 0.15) is 13.0 Å². The van der Waals surface area contributed by atoms with Crippen LogP contribution >= 0.6 is 27.0 Å². The van der Waals surface area contributed by atoms with E-state index in [2.05, 4.69) is 40.9 Å². The summed E-state index contributed by atoms with van der Waals surface area (Å²) in [4.78, 5) is 55.7. The number of ether oxygens (including phenoxy) is 9. The molecule has 43 heavy (non-hydrogen) atoms. The minimum atomic E-state index is -1.06. The van der Waals surface area contributed by atoms with Crippen LogP contribution in [0.3, 0.4) is 0 Å². The Labute approximate surface area is 285 Å². The molecule has 0 bridgehead atoms. The van der Waals surface area contributed by atoms with Crippen LogP contribution in [0.5, 0.6) is 0 Å². The zero-order valence-electron chi connectivity index (χ0n) is 23.8. The normalized spacial score (nSPS) is 13.6. The van der Waals surface area contributed by atoms with Gasteiger partial charge in [0.05, 0.1) is 13.2 Å². The fourth-order valence-corrected chi connectivity index (χ4v) is 4.17. The second-order valence-electron chi connectivity index (χ2n) is 7.70. The summed E-state index contributed by atoms with van der Waals surface area (Å²) in [6.45, 7) is 4.01. The van der Waals surface area contributed by atoms with Gasteiger partial charge in [0, 0.05) is 0 Å². The Morgan fingerprint density at radius 3 is 1.60 bits per heavy atom. The van der Waals surface area contributed by atoms with Gasteiger partial charge in [0.15, 0.2) is 0 Å². The van der Waals surface area contributed by atoms with Crippen molar-refractivity contribution in [2.75, 3.05) is 67.1 Å². The minimum Gasteiger partial charge on any atom is -0.469 e. The van der Waals surface area contributed by atoms with Crippen molar-refractivity contribution in [3.8, 4) is 0 Å².